The number of carbonyl (C=O) groups excluding carboxylic acids is 1. The van der Waals surface area contributed by atoms with E-state index in [1.807, 2.05) is 19.1 Å². The third-order valence-corrected chi connectivity index (χ3v) is 5.73. The number of halogens is 2. The Kier molecular flexibility index (Phi) is 7.15. The zero-order valence-electron chi connectivity index (χ0n) is 15.2. The quantitative estimate of drug-likeness (QED) is 0.467. The highest BCUT2D eigenvalue weighted by molar-refractivity contribution is 9.11. The molecule has 6 nitrogen and oxygen atoms in total. The summed E-state index contributed by atoms with van der Waals surface area (Å²) < 4.78 is 7.49. The van der Waals surface area contributed by atoms with Gasteiger partial charge in [0.05, 0.1) is 27.2 Å². The van der Waals surface area contributed by atoms with E-state index in [0.29, 0.717) is 28.1 Å². The second-order valence-electron chi connectivity index (χ2n) is 5.99. The van der Waals surface area contributed by atoms with Crippen LogP contribution in [0.2, 0.25) is 0 Å². The van der Waals surface area contributed by atoms with Crippen LogP contribution in [0.1, 0.15) is 29.3 Å². The molecular formula is C20H16Br2N2O4S. The topological polar surface area (TPSA) is 88.0 Å². The smallest absolute Gasteiger partial charge is 0.335 e. The third-order valence-electron chi connectivity index (χ3n) is 3.77. The van der Waals surface area contributed by atoms with Crippen molar-refractivity contribution in [2.75, 3.05) is 6.61 Å². The Bertz CT molecular complexity index is 1020. The van der Waals surface area contributed by atoms with Crippen molar-refractivity contribution in [2.45, 2.75) is 13.3 Å². The van der Waals surface area contributed by atoms with Crippen LogP contribution in [0.4, 0.5) is 5.69 Å². The largest absolute Gasteiger partial charge is 0.492 e. The zero-order valence-corrected chi connectivity index (χ0v) is 19.2. The van der Waals surface area contributed by atoms with Crippen LogP contribution < -0.4 is 10.1 Å². The first-order valence-corrected chi connectivity index (χ1v) is 11.0. The summed E-state index contributed by atoms with van der Waals surface area (Å²) >= 11 is 8.18. The second-order valence-corrected chi connectivity index (χ2v) is 8.79. The van der Waals surface area contributed by atoms with Crippen molar-refractivity contribution >= 4 is 72.4 Å². The van der Waals surface area contributed by atoms with Gasteiger partial charge in [-0.15, -0.1) is 0 Å². The van der Waals surface area contributed by atoms with E-state index >= 15 is 0 Å². The molecule has 150 valence electrons. The molecule has 0 aromatic heterocycles. The lowest BCUT2D eigenvalue weighted by atomic mass is 10.2. The standard InChI is InChI=1S/C20H16Br2N2O4S/c1-2-7-28-17-12(8-13(21)10-15(17)22)9-16-18(25)24-20(29-16)23-14-5-3-11(4-6-14)19(26)27/h3-6,8-10H,2,7H2,1H3,(H,26,27)(H,23,24,25)/b16-9+. The van der Waals surface area contributed by atoms with Gasteiger partial charge < -0.3 is 15.2 Å². The van der Waals surface area contributed by atoms with Crippen LogP contribution in [0.3, 0.4) is 0 Å². The number of ether oxygens (including phenoxy) is 1. The van der Waals surface area contributed by atoms with Crippen LogP contribution in [0.25, 0.3) is 6.08 Å². The molecule has 2 N–H and O–H groups in total. The molecule has 0 aliphatic carbocycles. The molecule has 0 bridgehead atoms. The maximum absolute atomic E-state index is 12.4. The Morgan fingerprint density at radius 1 is 1.28 bits per heavy atom. The number of carbonyl (C=O) groups is 2. The molecule has 0 atom stereocenters. The van der Waals surface area contributed by atoms with Crippen molar-refractivity contribution in [2.24, 2.45) is 4.99 Å². The average Bonchev–Trinajstić information content (AvgIpc) is 3.00. The van der Waals surface area contributed by atoms with Gasteiger partial charge in [-0.2, -0.15) is 0 Å². The maximum Gasteiger partial charge on any atom is 0.335 e. The molecular weight excluding hydrogens is 524 g/mol. The second kappa shape index (κ2) is 9.60. The molecule has 2 aromatic rings. The number of thioether (sulfide) groups is 1. The van der Waals surface area contributed by atoms with Gasteiger partial charge in [-0.05, 0) is 76.6 Å². The fraction of sp³-hybridized carbons (Fsp3) is 0.150. The van der Waals surface area contributed by atoms with Crippen LogP contribution in [0.5, 0.6) is 5.75 Å². The SMILES string of the molecule is CCCOc1c(Br)cc(Br)cc1/C=C1/SC(=Nc2ccc(C(=O)O)cc2)NC1=O. The molecule has 0 saturated carbocycles. The third kappa shape index (κ3) is 5.49. The average molecular weight is 540 g/mol. The normalized spacial score (nSPS) is 16.3. The van der Waals surface area contributed by atoms with Crippen LogP contribution in [0.15, 0.2) is 55.2 Å². The molecule has 29 heavy (non-hydrogen) atoms. The van der Waals surface area contributed by atoms with E-state index in [2.05, 4.69) is 42.2 Å². The highest BCUT2D eigenvalue weighted by atomic mass is 79.9. The highest BCUT2D eigenvalue weighted by Crippen LogP contribution is 2.37. The van der Waals surface area contributed by atoms with E-state index < -0.39 is 5.97 Å². The molecule has 3 rings (SSSR count). The summed E-state index contributed by atoms with van der Waals surface area (Å²) in [5.41, 5.74) is 1.50. The van der Waals surface area contributed by atoms with Crippen molar-refractivity contribution in [1.82, 2.24) is 5.32 Å². The molecule has 0 radical (unpaired) electrons. The lowest BCUT2D eigenvalue weighted by Crippen LogP contribution is -2.19. The van der Waals surface area contributed by atoms with Gasteiger partial charge in [0.2, 0.25) is 0 Å². The van der Waals surface area contributed by atoms with E-state index in [1.54, 1.807) is 18.2 Å². The number of nitrogens with zero attached hydrogens (tertiary/aromatic N) is 1. The minimum atomic E-state index is -1.00. The van der Waals surface area contributed by atoms with E-state index in [4.69, 9.17) is 9.84 Å². The molecule has 1 amide bonds. The van der Waals surface area contributed by atoms with E-state index in [9.17, 15) is 9.59 Å². The molecule has 2 aromatic carbocycles. The van der Waals surface area contributed by atoms with Crippen molar-refractivity contribution in [3.05, 3.63) is 61.4 Å². The van der Waals surface area contributed by atoms with Crippen LogP contribution in [0, 0.1) is 0 Å². The monoisotopic (exact) mass is 538 g/mol. The zero-order chi connectivity index (χ0) is 21.0. The number of hydrogen-bond donors (Lipinski definition) is 2. The summed E-state index contributed by atoms with van der Waals surface area (Å²) in [6.07, 6.45) is 2.63. The number of aromatic carboxylic acids is 1. The number of carboxylic acid groups (broad SMARTS) is 1. The van der Waals surface area contributed by atoms with Crippen molar-refractivity contribution in [3.63, 3.8) is 0 Å². The summed E-state index contributed by atoms with van der Waals surface area (Å²) in [7, 11) is 0. The van der Waals surface area contributed by atoms with Gasteiger partial charge in [-0.3, -0.25) is 4.79 Å². The van der Waals surface area contributed by atoms with Gasteiger partial charge in [-0.1, -0.05) is 22.9 Å². The summed E-state index contributed by atoms with van der Waals surface area (Å²) in [6.45, 7) is 2.59. The predicted octanol–water partition coefficient (Wildman–Crippen LogP) is 5.59. The Labute approximate surface area is 188 Å². The first kappa shape index (κ1) is 21.6. The Morgan fingerprint density at radius 2 is 2.00 bits per heavy atom. The molecule has 0 unspecified atom stereocenters. The van der Waals surface area contributed by atoms with E-state index in [1.165, 1.54) is 23.9 Å². The summed E-state index contributed by atoms with van der Waals surface area (Å²) in [5.74, 6) is -0.585. The number of amidine groups is 1. The Balaban J connectivity index is 1.86. The molecule has 9 heteroatoms. The van der Waals surface area contributed by atoms with Gasteiger partial charge in [0, 0.05) is 10.0 Å². The number of hydrogen-bond acceptors (Lipinski definition) is 5. The van der Waals surface area contributed by atoms with Crippen molar-refractivity contribution in [3.8, 4) is 5.75 Å². The molecule has 1 aliphatic heterocycles. The predicted molar refractivity (Wildman–Crippen MR) is 122 cm³/mol. The minimum Gasteiger partial charge on any atom is -0.492 e. The number of benzene rings is 2. The number of amides is 1. The summed E-state index contributed by atoms with van der Waals surface area (Å²) in [4.78, 5) is 28.2. The van der Waals surface area contributed by atoms with Crippen LogP contribution >= 0.6 is 43.6 Å². The first-order valence-electron chi connectivity index (χ1n) is 8.62. The lowest BCUT2D eigenvalue weighted by molar-refractivity contribution is -0.115. The van der Waals surface area contributed by atoms with Crippen molar-refractivity contribution < 1.29 is 19.4 Å². The van der Waals surface area contributed by atoms with E-state index in [0.717, 1.165) is 20.9 Å². The molecule has 1 fully saturated rings. The maximum atomic E-state index is 12.4. The molecule has 0 spiro atoms. The van der Waals surface area contributed by atoms with Crippen molar-refractivity contribution in [1.29, 1.82) is 0 Å². The molecule has 1 aliphatic rings. The Morgan fingerprint density at radius 3 is 2.66 bits per heavy atom. The highest BCUT2D eigenvalue weighted by Gasteiger charge is 2.24. The van der Waals surface area contributed by atoms with Gasteiger partial charge >= 0.3 is 5.97 Å². The van der Waals surface area contributed by atoms with Crippen LogP contribution in [-0.2, 0) is 4.79 Å². The summed E-state index contributed by atoms with van der Waals surface area (Å²) in [6, 6.07) is 9.89. The molecule has 1 saturated heterocycles. The van der Waals surface area contributed by atoms with Gasteiger partial charge in [0.15, 0.2) is 5.17 Å². The fourth-order valence-corrected chi connectivity index (χ4v) is 4.67. The van der Waals surface area contributed by atoms with Gasteiger partial charge in [0.25, 0.3) is 5.91 Å². The number of nitrogens with one attached hydrogen (secondary N) is 1. The first-order chi connectivity index (χ1) is 13.9. The summed E-state index contributed by atoms with van der Waals surface area (Å²) in [5, 5.41) is 12.1. The fourth-order valence-electron chi connectivity index (χ4n) is 2.46. The number of aliphatic imine (C=N–C) groups is 1. The molecule has 1 heterocycles. The minimum absolute atomic E-state index is 0.178. The van der Waals surface area contributed by atoms with Gasteiger partial charge in [0.1, 0.15) is 5.75 Å². The Hall–Kier alpha value is -2.10. The van der Waals surface area contributed by atoms with Crippen LogP contribution in [-0.4, -0.2) is 28.8 Å². The lowest BCUT2D eigenvalue weighted by Gasteiger charge is -2.11. The number of rotatable bonds is 6. The van der Waals surface area contributed by atoms with Gasteiger partial charge in [-0.25, -0.2) is 9.79 Å². The number of carboxylic acids is 1. The van der Waals surface area contributed by atoms with E-state index in [-0.39, 0.29) is 11.5 Å².